The zero-order valence-electron chi connectivity index (χ0n) is 10.8. The van der Waals surface area contributed by atoms with Crippen molar-refractivity contribution in [2.75, 3.05) is 31.1 Å². The minimum Gasteiger partial charge on any atom is -0.355 e. The van der Waals surface area contributed by atoms with E-state index in [1.807, 2.05) is 0 Å². The van der Waals surface area contributed by atoms with E-state index in [0.29, 0.717) is 0 Å². The molecule has 2 heterocycles. The van der Waals surface area contributed by atoms with Gasteiger partial charge in [-0.25, -0.2) is 0 Å². The maximum Gasteiger partial charge on any atom is 0.151 e. The third-order valence-corrected chi connectivity index (χ3v) is 3.36. The van der Waals surface area contributed by atoms with Crippen LogP contribution in [0.4, 0.5) is 5.82 Å². The van der Waals surface area contributed by atoms with Crippen molar-refractivity contribution in [1.29, 1.82) is 0 Å². The van der Waals surface area contributed by atoms with Gasteiger partial charge in [0.05, 0.1) is 6.20 Å². The molecule has 0 bridgehead atoms. The van der Waals surface area contributed by atoms with E-state index in [4.69, 9.17) is 0 Å². The number of aromatic nitrogens is 2. The normalized spacial score (nSPS) is 20.2. The van der Waals surface area contributed by atoms with Crippen LogP contribution in [0.15, 0.2) is 12.3 Å². The van der Waals surface area contributed by atoms with E-state index >= 15 is 0 Å². The fourth-order valence-corrected chi connectivity index (χ4v) is 2.38. The topological polar surface area (TPSA) is 41.0 Å². The summed E-state index contributed by atoms with van der Waals surface area (Å²) >= 11 is 0. The van der Waals surface area contributed by atoms with Gasteiger partial charge in [0.2, 0.25) is 0 Å². The average molecular weight is 234 g/mol. The van der Waals surface area contributed by atoms with Crippen LogP contribution >= 0.6 is 0 Å². The second-order valence-corrected chi connectivity index (χ2v) is 4.84. The molecule has 1 aromatic heterocycles. The first-order valence-corrected chi connectivity index (χ1v) is 6.54. The van der Waals surface area contributed by atoms with E-state index in [0.717, 1.165) is 31.4 Å². The summed E-state index contributed by atoms with van der Waals surface area (Å²) in [5, 5.41) is 11.7. The number of nitrogens with zero attached hydrogens (tertiary/aromatic N) is 3. The molecule has 4 nitrogen and oxygen atoms in total. The lowest BCUT2D eigenvalue weighted by Gasteiger charge is -2.30. The molecule has 1 aliphatic rings. The number of piperidine rings is 1. The molecule has 1 atom stereocenters. The molecule has 1 N–H and O–H groups in total. The Hall–Kier alpha value is -1.16. The Bertz CT molecular complexity index is 347. The van der Waals surface area contributed by atoms with Crippen molar-refractivity contribution in [2.24, 2.45) is 5.92 Å². The monoisotopic (exact) mass is 234 g/mol. The van der Waals surface area contributed by atoms with E-state index in [-0.39, 0.29) is 0 Å². The SMILES string of the molecule is CCN(CC1CCCNC1)c1cc(C)cnn1. The molecule has 1 unspecified atom stereocenters. The van der Waals surface area contributed by atoms with Crippen LogP contribution in [-0.4, -0.2) is 36.4 Å². The lowest BCUT2D eigenvalue weighted by Crippen LogP contribution is -2.38. The molecule has 17 heavy (non-hydrogen) atoms. The summed E-state index contributed by atoms with van der Waals surface area (Å²) in [4.78, 5) is 2.33. The number of hydrogen-bond donors (Lipinski definition) is 1. The van der Waals surface area contributed by atoms with E-state index in [1.165, 1.54) is 24.9 Å². The van der Waals surface area contributed by atoms with Crippen LogP contribution in [0.2, 0.25) is 0 Å². The van der Waals surface area contributed by atoms with Crippen molar-refractivity contribution in [1.82, 2.24) is 15.5 Å². The molecule has 0 aliphatic carbocycles. The van der Waals surface area contributed by atoms with Crippen molar-refractivity contribution in [3.63, 3.8) is 0 Å². The molecule has 4 heteroatoms. The Labute approximate surface area is 103 Å². The van der Waals surface area contributed by atoms with Crippen LogP contribution < -0.4 is 10.2 Å². The van der Waals surface area contributed by atoms with E-state index in [1.54, 1.807) is 6.20 Å². The number of anilines is 1. The van der Waals surface area contributed by atoms with Gasteiger partial charge >= 0.3 is 0 Å². The Morgan fingerprint density at radius 2 is 2.41 bits per heavy atom. The third-order valence-electron chi connectivity index (χ3n) is 3.36. The standard InChI is InChI=1S/C13H22N4/c1-3-17(10-12-5-4-6-14-9-12)13-7-11(2)8-15-16-13/h7-8,12,14H,3-6,9-10H2,1-2H3. The molecule has 1 aromatic rings. The lowest BCUT2D eigenvalue weighted by atomic mass is 9.99. The van der Waals surface area contributed by atoms with Crippen molar-refractivity contribution < 1.29 is 0 Å². The highest BCUT2D eigenvalue weighted by Gasteiger charge is 2.17. The molecule has 0 amide bonds. The molecular formula is C13H22N4. The molecule has 0 spiro atoms. The molecule has 0 aromatic carbocycles. The van der Waals surface area contributed by atoms with Gasteiger partial charge in [-0.3, -0.25) is 0 Å². The molecule has 1 aliphatic heterocycles. The third kappa shape index (κ3) is 3.40. The van der Waals surface area contributed by atoms with Gasteiger partial charge < -0.3 is 10.2 Å². The Balaban J connectivity index is 2.00. The highest BCUT2D eigenvalue weighted by atomic mass is 15.3. The van der Waals surface area contributed by atoms with Gasteiger partial charge in [-0.15, -0.1) is 5.10 Å². The molecule has 94 valence electrons. The highest BCUT2D eigenvalue weighted by Crippen LogP contribution is 2.16. The van der Waals surface area contributed by atoms with E-state index in [9.17, 15) is 0 Å². The van der Waals surface area contributed by atoms with Crippen LogP contribution in [0.25, 0.3) is 0 Å². The molecule has 0 radical (unpaired) electrons. The summed E-state index contributed by atoms with van der Waals surface area (Å²) in [6.45, 7) is 8.63. The highest BCUT2D eigenvalue weighted by molar-refractivity contribution is 5.38. The summed E-state index contributed by atoms with van der Waals surface area (Å²) in [5.74, 6) is 1.75. The van der Waals surface area contributed by atoms with Gasteiger partial charge in [0.15, 0.2) is 5.82 Å². The number of aryl methyl sites for hydroxylation is 1. The van der Waals surface area contributed by atoms with E-state index < -0.39 is 0 Å². The summed E-state index contributed by atoms with van der Waals surface area (Å²) < 4.78 is 0. The quantitative estimate of drug-likeness (QED) is 0.859. The zero-order chi connectivity index (χ0) is 12.1. The largest absolute Gasteiger partial charge is 0.355 e. The summed E-state index contributed by atoms with van der Waals surface area (Å²) in [7, 11) is 0. The van der Waals surface area contributed by atoms with Crippen molar-refractivity contribution >= 4 is 5.82 Å². The van der Waals surface area contributed by atoms with Gasteiger partial charge in [-0.05, 0) is 57.3 Å². The first kappa shape index (κ1) is 12.3. The lowest BCUT2D eigenvalue weighted by molar-refractivity contribution is 0.377. The van der Waals surface area contributed by atoms with Crippen LogP contribution in [0.3, 0.4) is 0 Å². The summed E-state index contributed by atoms with van der Waals surface area (Å²) in [6.07, 6.45) is 4.42. The fourth-order valence-electron chi connectivity index (χ4n) is 2.38. The Morgan fingerprint density at radius 1 is 1.53 bits per heavy atom. The number of hydrogen-bond acceptors (Lipinski definition) is 4. The van der Waals surface area contributed by atoms with E-state index in [2.05, 4.69) is 40.3 Å². The minimum atomic E-state index is 0.742. The first-order valence-electron chi connectivity index (χ1n) is 6.54. The maximum absolute atomic E-state index is 4.23. The van der Waals surface area contributed by atoms with Crippen LogP contribution in [0, 0.1) is 12.8 Å². The van der Waals surface area contributed by atoms with Gasteiger partial charge in [-0.1, -0.05) is 0 Å². The number of nitrogens with one attached hydrogen (secondary N) is 1. The van der Waals surface area contributed by atoms with Gasteiger partial charge in [0.1, 0.15) is 0 Å². The second kappa shape index (κ2) is 5.96. The molecular weight excluding hydrogens is 212 g/mol. The predicted molar refractivity (Wildman–Crippen MR) is 70.2 cm³/mol. The zero-order valence-corrected chi connectivity index (χ0v) is 10.8. The predicted octanol–water partition coefficient (Wildman–Crippen LogP) is 1.61. The van der Waals surface area contributed by atoms with Gasteiger partial charge in [0.25, 0.3) is 0 Å². The Morgan fingerprint density at radius 3 is 3.06 bits per heavy atom. The van der Waals surface area contributed by atoms with Crippen molar-refractivity contribution in [3.05, 3.63) is 17.8 Å². The summed E-state index contributed by atoms with van der Waals surface area (Å²) in [6, 6.07) is 2.12. The van der Waals surface area contributed by atoms with Crippen LogP contribution in [0.1, 0.15) is 25.3 Å². The van der Waals surface area contributed by atoms with Gasteiger partial charge in [-0.2, -0.15) is 5.10 Å². The van der Waals surface area contributed by atoms with Crippen LogP contribution in [0.5, 0.6) is 0 Å². The molecule has 0 saturated carbocycles. The maximum atomic E-state index is 4.23. The molecule has 2 rings (SSSR count). The smallest absolute Gasteiger partial charge is 0.151 e. The minimum absolute atomic E-state index is 0.742. The second-order valence-electron chi connectivity index (χ2n) is 4.84. The van der Waals surface area contributed by atoms with Crippen molar-refractivity contribution in [3.8, 4) is 0 Å². The number of rotatable bonds is 4. The Kier molecular flexibility index (Phi) is 4.31. The van der Waals surface area contributed by atoms with Gasteiger partial charge in [0, 0.05) is 13.1 Å². The molecule has 1 fully saturated rings. The van der Waals surface area contributed by atoms with Crippen LogP contribution in [-0.2, 0) is 0 Å². The molecule has 1 saturated heterocycles. The summed E-state index contributed by atoms with van der Waals surface area (Å²) in [5.41, 5.74) is 1.18. The first-order chi connectivity index (χ1) is 8.29. The average Bonchev–Trinajstić information content (AvgIpc) is 2.37. The fraction of sp³-hybridized carbons (Fsp3) is 0.692. The van der Waals surface area contributed by atoms with Crippen molar-refractivity contribution in [2.45, 2.75) is 26.7 Å².